The van der Waals surface area contributed by atoms with Gasteiger partial charge in [0, 0.05) is 11.5 Å². The zero-order chi connectivity index (χ0) is 5.66. The number of rotatable bonds is 0. The van der Waals surface area contributed by atoms with Gasteiger partial charge in [0.2, 0.25) is 0 Å². The van der Waals surface area contributed by atoms with Crippen LogP contribution in [0.4, 0.5) is 0 Å². The van der Waals surface area contributed by atoms with Crippen LogP contribution in [0.2, 0.25) is 0 Å². The Bertz CT molecular complexity index is 79.1. The molecule has 0 spiro atoms. The Labute approximate surface area is 58.4 Å². The monoisotopic (exact) mass is 144 g/mol. The second-order valence-corrected chi connectivity index (χ2v) is 3.29. The van der Waals surface area contributed by atoms with Gasteiger partial charge in [0.05, 0.1) is 0 Å². The topological polar surface area (TPSA) is 0 Å². The van der Waals surface area contributed by atoms with Gasteiger partial charge < -0.3 is 0 Å². The largest absolute Gasteiger partial charge is 0.130 e. The summed E-state index contributed by atoms with van der Waals surface area (Å²) in [4.78, 5) is 0. The van der Waals surface area contributed by atoms with E-state index < -0.39 is 0 Å². The third-order valence-corrected chi connectivity index (χ3v) is 2.31. The van der Waals surface area contributed by atoms with Gasteiger partial charge in [-0.05, 0) is 10.8 Å². The fourth-order valence-corrected chi connectivity index (χ4v) is 1.78. The Morgan fingerprint density at radius 2 is 1.38 bits per heavy atom. The fourth-order valence-electron chi connectivity index (χ4n) is 0.437. The van der Waals surface area contributed by atoms with Crippen molar-refractivity contribution in [3.05, 3.63) is 23.0 Å². The molecule has 1 aliphatic heterocycles. The first-order chi connectivity index (χ1) is 4.00. The molecule has 1 rings (SSSR count). The average molecular weight is 144 g/mol. The maximum absolute atomic E-state index is 2.19. The van der Waals surface area contributed by atoms with Crippen LogP contribution < -0.4 is 0 Å². The van der Waals surface area contributed by atoms with E-state index in [0.717, 1.165) is 11.5 Å². The Morgan fingerprint density at radius 1 is 0.875 bits per heavy atom. The lowest BCUT2D eigenvalue weighted by molar-refractivity contribution is 1.76. The van der Waals surface area contributed by atoms with Crippen LogP contribution >= 0.6 is 23.5 Å². The van der Waals surface area contributed by atoms with Crippen molar-refractivity contribution in [2.45, 2.75) is 0 Å². The van der Waals surface area contributed by atoms with Crippen molar-refractivity contribution in [2.75, 3.05) is 11.5 Å². The lowest BCUT2D eigenvalue weighted by Gasteiger charge is -1.92. The highest BCUT2D eigenvalue weighted by atomic mass is 32.2. The molecule has 0 N–H and O–H groups in total. The fraction of sp³-hybridized carbons (Fsp3) is 0.333. The van der Waals surface area contributed by atoms with Gasteiger partial charge >= 0.3 is 0 Å². The molecular formula is C6H8S2. The summed E-state index contributed by atoms with van der Waals surface area (Å²) in [5, 5.41) is 4.33. The molecule has 0 fully saturated rings. The summed E-state index contributed by atoms with van der Waals surface area (Å²) in [6.07, 6.45) is 4.39. The molecule has 0 aromatic rings. The summed E-state index contributed by atoms with van der Waals surface area (Å²) >= 11 is 3.70. The van der Waals surface area contributed by atoms with Gasteiger partial charge in [-0.1, -0.05) is 12.2 Å². The molecule has 0 aromatic heterocycles. The Hall–Kier alpha value is 0.180. The second kappa shape index (κ2) is 4.10. The molecule has 0 amide bonds. The van der Waals surface area contributed by atoms with Crippen LogP contribution in [0.1, 0.15) is 0 Å². The molecule has 0 radical (unpaired) electrons. The van der Waals surface area contributed by atoms with E-state index in [1.807, 2.05) is 23.5 Å². The molecule has 1 aliphatic rings. The molecule has 0 atom stereocenters. The van der Waals surface area contributed by atoms with E-state index in [1.165, 1.54) is 0 Å². The maximum Gasteiger partial charge on any atom is 0.0162 e. The van der Waals surface area contributed by atoms with E-state index in [4.69, 9.17) is 0 Å². The van der Waals surface area contributed by atoms with E-state index in [2.05, 4.69) is 23.0 Å². The molecule has 2 heteroatoms. The Balaban J connectivity index is 2.29. The van der Waals surface area contributed by atoms with E-state index in [-0.39, 0.29) is 0 Å². The van der Waals surface area contributed by atoms with Crippen molar-refractivity contribution in [2.24, 2.45) is 0 Å². The summed E-state index contributed by atoms with van der Waals surface area (Å²) < 4.78 is 0. The maximum atomic E-state index is 2.19. The van der Waals surface area contributed by atoms with E-state index in [9.17, 15) is 0 Å². The first-order valence-corrected chi connectivity index (χ1v) is 4.63. The highest BCUT2D eigenvalue weighted by Crippen LogP contribution is 2.11. The first kappa shape index (κ1) is 6.30. The van der Waals surface area contributed by atoms with Gasteiger partial charge in [-0.25, -0.2) is 0 Å². The van der Waals surface area contributed by atoms with Gasteiger partial charge in [0.1, 0.15) is 0 Å². The predicted octanol–water partition coefficient (Wildman–Crippen LogP) is 2.49. The molecular weight excluding hydrogens is 136 g/mol. The molecule has 8 heavy (non-hydrogen) atoms. The standard InChI is InChI=1S/C6H8S2/c1-3-7-5-2-6-8-4-1/h1-3,6H,4-5H2/b3-1-,6-2?. The summed E-state index contributed by atoms with van der Waals surface area (Å²) in [6, 6.07) is 0. The van der Waals surface area contributed by atoms with E-state index >= 15 is 0 Å². The quantitative estimate of drug-likeness (QED) is 0.512. The normalized spacial score (nSPS) is 24.0. The molecule has 0 saturated heterocycles. The van der Waals surface area contributed by atoms with Crippen molar-refractivity contribution in [1.29, 1.82) is 0 Å². The molecule has 0 aliphatic carbocycles. The summed E-state index contributed by atoms with van der Waals surface area (Å²) in [5.41, 5.74) is 0. The van der Waals surface area contributed by atoms with Crippen LogP contribution in [0.15, 0.2) is 23.0 Å². The number of thioether (sulfide) groups is 2. The van der Waals surface area contributed by atoms with Crippen LogP contribution in [0.5, 0.6) is 0 Å². The van der Waals surface area contributed by atoms with Crippen molar-refractivity contribution < 1.29 is 0 Å². The van der Waals surface area contributed by atoms with Crippen molar-refractivity contribution in [3.63, 3.8) is 0 Å². The molecule has 44 valence electrons. The zero-order valence-electron chi connectivity index (χ0n) is 4.54. The van der Waals surface area contributed by atoms with E-state index in [1.54, 1.807) is 0 Å². The third kappa shape index (κ3) is 2.48. The van der Waals surface area contributed by atoms with E-state index in [0.29, 0.717) is 0 Å². The second-order valence-electron chi connectivity index (χ2n) is 1.41. The first-order valence-electron chi connectivity index (χ1n) is 2.53. The molecule has 0 aromatic carbocycles. The minimum atomic E-state index is 1.13. The summed E-state index contributed by atoms with van der Waals surface area (Å²) in [6.45, 7) is 0. The summed E-state index contributed by atoms with van der Waals surface area (Å²) in [5.74, 6) is 2.26. The van der Waals surface area contributed by atoms with Crippen molar-refractivity contribution >= 4 is 23.5 Å². The summed E-state index contributed by atoms with van der Waals surface area (Å²) in [7, 11) is 0. The predicted molar refractivity (Wildman–Crippen MR) is 43.2 cm³/mol. The minimum absolute atomic E-state index is 1.13. The number of hydrogen-bond acceptors (Lipinski definition) is 2. The van der Waals surface area contributed by atoms with Gasteiger partial charge in [0.15, 0.2) is 0 Å². The van der Waals surface area contributed by atoms with Crippen molar-refractivity contribution in [3.8, 4) is 0 Å². The SMILES string of the molecule is C1=CSC/C=C\SC1. The lowest BCUT2D eigenvalue weighted by atomic mass is 10.7. The van der Waals surface area contributed by atoms with Crippen LogP contribution in [-0.4, -0.2) is 11.5 Å². The highest BCUT2D eigenvalue weighted by Gasteiger charge is 1.82. The minimum Gasteiger partial charge on any atom is -0.130 e. The number of hydrogen-bond donors (Lipinski definition) is 0. The van der Waals surface area contributed by atoms with Gasteiger partial charge in [-0.15, -0.1) is 23.5 Å². The van der Waals surface area contributed by atoms with Crippen LogP contribution in [0, 0.1) is 0 Å². The van der Waals surface area contributed by atoms with Crippen LogP contribution in [0.3, 0.4) is 0 Å². The Kier molecular flexibility index (Phi) is 3.23. The van der Waals surface area contributed by atoms with Crippen LogP contribution in [-0.2, 0) is 0 Å². The molecule has 0 saturated carbocycles. The van der Waals surface area contributed by atoms with Gasteiger partial charge in [-0.3, -0.25) is 0 Å². The van der Waals surface area contributed by atoms with Gasteiger partial charge in [0.25, 0.3) is 0 Å². The van der Waals surface area contributed by atoms with Crippen molar-refractivity contribution in [1.82, 2.24) is 0 Å². The lowest BCUT2D eigenvalue weighted by Crippen LogP contribution is -1.71. The van der Waals surface area contributed by atoms with Crippen LogP contribution in [0.25, 0.3) is 0 Å². The van der Waals surface area contributed by atoms with Gasteiger partial charge in [-0.2, -0.15) is 0 Å². The molecule has 0 bridgehead atoms. The molecule has 1 heterocycles. The Morgan fingerprint density at radius 3 is 1.88 bits per heavy atom. The average Bonchev–Trinajstić information content (AvgIpc) is 1.62. The smallest absolute Gasteiger partial charge is 0.0162 e. The third-order valence-electron chi connectivity index (χ3n) is 0.770. The molecule has 0 nitrogen and oxygen atoms in total. The zero-order valence-corrected chi connectivity index (χ0v) is 6.17. The highest BCUT2D eigenvalue weighted by molar-refractivity contribution is 8.03. The molecule has 0 unspecified atom stereocenters.